The number of para-hydroxylation sites is 1. The van der Waals surface area contributed by atoms with E-state index in [4.69, 9.17) is 9.47 Å². The minimum atomic E-state index is -0.436. The Bertz CT molecular complexity index is 624. The number of aliphatic hydroxyl groups excluding tert-OH is 1. The van der Waals surface area contributed by atoms with Gasteiger partial charge in [-0.2, -0.15) is 0 Å². The molecule has 1 aliphatic carbocycles. The predicted octanol–water partition coefficient (Wildman–Crippen LogP) is 4.10. The van der Waals surface area contributed by atoms with Gasteiger partial charge in [0.1, 0.15) is 0 Å². The maximum Gasteiger partial charge on any atom is 0.290 e. The van der Waals surface area contributed by atoms with Crippen molar-refractivity contribution >= 4 is 11.6 Å². The third kappa shape index (κ3) is 5.11. The van der Waals surface area contributed by atoms with Crippen LogP contribution in [0.2, 0.25) is 0 Å². The first kappa shape index (κ1) is 19.9. The number of nitrogens with one attached hydrogen (secondary N) is 1. The summed E-state index contributed by atoms with van der Waals surface area (Å²) >= 11 is 0. The average molecular weight is 373 g/mol. The molecule has 1 saturated carbocycles. The van der Waals surface area contributed by atoms with Crippen LogP contribution in [0.15, 0.2) is 42.2 Å². The Morgan fingerprint density at radius 2 is 2.00 bits per heavy atom. The second kappa shape index (κ2) is 9.90. The topological polar surface area (TPSA) is 67.8 Å². The molecule has 3 atom stereocenters. The maximum atomic E-state index is 12.8. The molecule has 0 radical (unpaired) electrons. The van der Waals surface area contributed by atoms with Crippen molar-refractivity contribution in [1.29, 1.82) is 0 Å². The maximum absolute atomic E-state index is 12.8. The fourth-order valence-electron chi connectivity index (χ4n) is 4.38. The van der Waals surface area contributed by atoms with Gasteiger partial charge in [0.15, 0.2) is 5.76 Å². The molecule has 1 fully saturated rings. The van der Waals surface area contributed by atoms with Crippen LogP contribution in [0.1, 0.15) is 45.4 Å². The summed E-state index contributed by atoms with van der Waals surface area (Å²) in [5, 5.41) is 12.2. The third-order valence-corrected chi connectivity index (χ3v) is 5.66. The van der Waals surface area contributed by atoms with Crippen LogP contribution in [-0.4, -0.2) is 30.5 Å². The van der Waals surface area contributed by atoms with Gasteiger partial charge in [-0.3, -0.25) is 4.79 Å². The van der Waals surface area contributed by atoms with Gasteiger partial charge in [-0.15, -0.1) is 0 Å². The van der Waals surface area contributed by atoms with Crippen LogP contribution in [0.5, 0.6) is 0 Å². The minimum absolute atomic E-state index is 0.164. The van der Waals surface area contributed by atoms with E-state index in [2.05, 4.69) is 5.32 Å². The number of carbonyl (C=O) groups excluding carboxylic acids is 1. The van der Waals surface area contributed by atoms with Crippen molar-refractivity contribution in [3.8, 4) is 0 Å². The fraction of sp³-hybridized carbons (Fsp3) is 0.591. The first-order valence-corrected chi connectivity index (χ1v) is 10.2. The van der Waals surface area contributed by atoms with Crippen molar-refractivity contribution in [2.24, 2.45) is 17.8 Å². The molecule has 3 rings (SSSR count). The Kier molecular flexibility index (Phi) is 7.30. The summed E-state index contributed by atoms with van der Waals surface area (Å²) < 4.78 is 11.9. The summed E-state index contributed by atoms with van der Waals surface area (Å²) in [5.41, 5.74) is 0.750. The molecule has 2 aliphatic rings. The smallest absolute Gasteiger partial charge is 0.290 e. The number of benzene rings is 1. The molecule has 1 heterocycles. The molecule has 2 N–H and O–H groups in total. The van der Waals surface area contributed by atoms with Crippen LogP contribution >= 0.6 is 0 Å². The van der Waals surface area contributed by atoms with Gasteiger partial charge in [-0.1, -0.05) is 31.0 Å². The highest BCUT2D eigenvalue weighted by Gasteiger charge is 2.41. The highest BCUT2D eigenvalue weighted by Crippen LogP contribution is 2.43. The van der Waals surface area contributed by atoms with Crippen LogP contribution in [0.25, 0.3) is 0 Å². The van der Waals surface area contributed by atoms with Crippen molar-refractivity contribution < 1.29 is 19.4 Å². The molecular weight excluding hydrogens is 342 g/mol. The molecule has 0 spiro atoms. The van der Waals surface area contributed by atoms with Crippen LogP contribution in [0.3, 0.4) is 0 Å². The van der Waals surface area contributed by atoms with Gasteiger partial charge >= 0.3 is 0 Å². The predicted molar refractivity (Wildman–Crippen MR) is 105 cm³/mol. The number of rotatable bonds is 8. The molecule has 1 aliphatic heterocycles. The van der Waals surface area contributed by atoms with E-state index in [9.17, 15) is 9.90 Å². The molecule has 5 nitrogen and oxygen atoms in total. The van der Waals surface area contributed by atoms with Crippen LogP contribution in [0.4, 0.5) is 5.69 Å². The van der Waals surface area contributed by atoms with Crippen molar-refractivity contribution in [3.63, 3.8) is 0 Å². The summed E-state index contributed by atoms with van der Waals surface area (Å²) in [6, 6.07) is 9.42. The van der Waals surface area contributed by atoms with Gasteiger partial charge in [-0.05, 0) is 62.7 Å². The molecule has 1 aromatic rings. The van der Waals surface area contributed by atoms with E-state index >= 15 is 0 Å². The number of aliphatic hydroxyl groups is 1. The lowest BCUT2D eigenvalue weighted by Crippen LogP contribution is -2.40. The largest absolute Gasteiger partial charge is 0.459 e. The SMILES string of the molecule is CCO[C@@H]1OC(C(=O)Nc2ccccc2)=C[C@H](C2CCCC2)[C@@H]1CCCO. The Labute approximate surface area is 161 Å². The Morgan fingerprint density at radius 3 is 2.67 bits per heavy atom. The highest BCUT2D eigenvalue weighted by atomic mass is 16.7. The lowest BCUT2D eigenvalue weighted by molar-refractivity contribution is -0.174. The summed E-state index contributed by atoms with van der Waals surface area (Å²) in [5.74, 6) is 1.11. The van der Waals surface area contributed by atoms with Gasteiger partial charge in [-0.25, -0.2) is 0 Å². The van der Waals surface area contributed by atoms with Crippen molar-refractivity contribution in [2.45, 2.75) is 51.7 Å². The van der Waals surface area contributed by atoms with Crippen LogP contribution < -0.4 is 5.32 Å². The molecule has 0 bridgehead atoms. The van der Waals surface area contributed by atoms with E-state index in [1.807, 2.05) is 43.3 Å². The van der Waals surface area contributed by atoms with E-state index in [1.165, 1.54) is 25.7 Å². The fourth-order valence-corrected chi connectivity index (χ4v) is 4.38. The summed E-state index contributed by atoms with van der Waals surface area (Å²) in [6.07, 6.45) is 8.00. The van der Waals surface area contributed by atoms with Crippen molar-refractivity contribution in [1.82, 2.24) is 0 Å². The third-order valence-electron chi connectivity index (χ3n) is 5.66. The van der Waals surface area contributed by atoms with E-state index in [1.54, 1.807) is 0 Å². The van der Waals surface area contributed by atoms with Crippen molar-refractivity contribution in [2.75, 3.05) is 18.5 Å². The molecule has 27 heavy (non-hydrogen) atoms. The standard InChI is InChI=1S/C22H31NO4/c1-2-26-22-18(13-8-14-24)19(16-9-6-7-10-16)15-20(27-22)21(25)23-17-11-4-3-5-12-17/h3-5,11-12,15-16,18-19,22,24H,2,6-10,13-14H2,1H3,(H,23,25)/t18-,19+,22+/m0/s1. The average Bonchev–Trinajstić information content (AvgIpc) is 3.22. The van der Waals surface area contributed by atoms with E-state index in [0.717, 1.165) is 18.5 Å². The van der Waals surface area contributed by atoms with E-state index in [-0.39, 0.29) is 24.3 Å². The molecule has 5 heteroatoms. The van der Waals surface area contributed by atoms with Crippen molar-refractivity contribution in [3.05, 3.63) is 42.2 Å². The first-order chi connectivity index (χ1) is 13.2. The quantitative estimate of drug-likeness (QED) is 0.720. The van der Waals surface area contributed by atoms with Gasteiger partial charge in [0.25, 0.3) is 5.91 Å². The van der Waals surface area contributed by atoms with Crippen LogP contribution in [-0.2, 0) is 14.3 Å². The molecule has 0 unspecified atom stereocenters. The molecule has 0 saturated heterocycles. The number of amides is 1. The normalized spacial score (nSPS) is 25.7. The molecular formula is C22H31NO4. The number of hydrogen-bond donors (Lipinski definition) is 2. The summed E-state index contributed by atoms with van der Waals surface area (Å²) in [4.78, 5) is 12.8. The molecule has 0 aromatic heterocycles. The first-order valence-electron chi connectivity index (χ1n) is 10.2. The molecule has 1 aromatic carbocycles. The van der Waals surface area contributed by atoms with Gasteiger partial charge in [0.05, 0.1) is 0 Å². The van der Waals surface area contributed by atoms with Gasteiger partial charge in [0.2, 0.25) is 6.29 Å². The number of carbonyl (C=O) groups is 1. The minimum Gasteiger partial charge on any atom is -0.459 e. The monoisotopic (exact) mass is 373 g/mol. The summed E-state index contributed by atoms with van der Waals surface area (Å²) in [7, 11) is 0. The zero-order chi connectivity index (χ0) is 19.1. The second-order valence-electron chi connectivity index (χ2n) is 7.44. The Hall–Kier alpha value is -1.85. The summed E-state index contributed by atoms with van der Waals surface area (Å²) in [6.45, 7) is 2.64. The van der Waals surface area contributed by atoms with Gasteiger partial charge < -0.3 is 19.9 Å². The van der Waals surface area contributed by atoms with Crippen LogP contribution in [0, 0.1) is 17.8 Å². The molecule has 148 valence electrons. The lowest BCUT2D eigenvalue weighted by Gasteiger charge is -2.39. The van der Waals surface area contributed by atoms with E-state index < -0.39 is 6.29 Å². The number of allylic oxidation sites excluding steroid dienone is 1. The Morgan fingerprint density at radius 1 is 1.26 bits per heavy atom. The number of anilines is 1. The zero-order valence-electron chi connectivity index (χ0n) is 16.1. The van der Waals surface area contributed by atoms with E-state index in [0.29, 0.717) is 18.3 Å². The number of hydrogen-bond acceptors (Lipinski definition) is 4. The van der Waals surface area contributed by atoms with Gasteiger partial charge in [0, 0.05) is 24.8 Å². The number of ether oxygens (including phenoxy) is 2. The highest BCUT2D eigenvalue weighted by molar-refractivity contribution is 6.02. The lowest BCUT2D eigenvalue weighted by atomic mass is 9.76. The zero-order valence-corrected chi connectivity index (χ0v) is 16.1. The Balaban J connectivity index is 1.82. The second-order valence-corrected chi connectivity index (χ2v) is 7.44. The molecule has 1 amide bonds.